The maximum Gasteiger partial charge on any atom is 0.227 e. The summed E-state index contributed by atoms with van der Waals surface area (Å²) >= 11 is 0. The molecule has 1 aliphatic heterocycles. The molecule has 1 aliphatic rings. The Balaban J connectivity index is 2.19. The molecule has 1 heterocycles. The van der Waals surface area contributed by atoms with Crippen LogP contribution in [0.5, 0.6) is 0 Å². The monoisotopic (exact) mass is 279 g/mol. The van der Waals surface area contributed by atoms with Crippen molar-refractivity contribution in [3.63, 3.8) is 0 Å². The molecule has 1 fully saturated rings. The Hall–Kier alpha value is -1.46. The summed E-state index contributed by atoms with van der Waals surface area (Å²) < 4.78 is 13.9. The van der Waals surface area contributed by atoms with Gasteiger partial charge >= 0.3 is 0 Å². The smallest absolute Gasteiger partial charge is 0.227 e. The number of nitrogens with one attached hydrogen (secondary N) is 1. The molecule has 0 radical (unpaired) electrons. The van der Waals surface area contributed by atoms with Gasteiger partial charge in [-0.25, -0.2) is 4.39 Å². The highest BCUT2D eigenvalue weighted by Crippen LogP contribution is 2.35. The summed E-state index contributed by atoms with van der Waals surface area (Å²) in [6.07, 6.45) is 0.762. The van der Waals surface area contributed by atoms with Gasteiger partial charge < -0.3 is 11.1 Å². The van der Waals surface area contributed by atoms with Crippen LogP contribution in [0.4, 0.5) is 4.39 Å². The Kier molecular flexibility index (Phi) is 4.40. The van der Waals surface area contributed by atoms with Crippen LogP contribution in [0.1, 0.15) is 24.9 Å². The number of nitrogens with zero attached hydrogens (tertiary/aromatic N) is 1. The molecule has 1 amide bonds. The van der Waals surface area contributed by atoms with E-state index in [2.05, 4.69) is 10.2 Å². The molecular weight excluding hydrogens is 257 g/mol. The molecular formula is C15H22FN3O. The van der Waals surface area contributed by atoms with Crippen LogP contribution >= 0.6 is 0 Å². The molecule has 0 aliphatic carbocycles. The first-order valence-electron chi connectivity index (χ1n) is 6.92. The van der Waals surface area contributed by atoms with Crippen molar-refractivity contribution in [3.8, 4) is 0 Å². The third-order valence-corrected chi connectivity index (χ3v) is 4.21. The van der Waals surface area contributed by atoms with Gasteiger partial charge in [-0.2, -0.15) is 0 Å². The van der Waals surface area contributed by atoms with Gasteiger partial charge in [0.2, 0.25) is 5.91 Å². The molecule has 1 aromatic rings. The predicted octanol–water partition coefficient (Wildman–Crippen LogP) is 1.28. The zero-order chi connectivity index (χ0) is 14.8. The first-order chi connectivity index (χ1) is 9.51. The van der Waals surface area contributed by atoms with Crippen LogP contribution in [-0.2, 0) is 4.79 Å². The molecule has 3 N–H and O–H groups in total. The minimum absolute atomic E-state index is 0.0318. The van der Waals surface area contributed by atoms with E-state index in [-0.39, 0.29) is 17.8 Å². The molecule has 20 heavy (non-hydrogen) atoms. The van der Waals surface area contributed by atoms with Gasteiger partial charge in [-0.05, 0) is 26.0 Å². The fourth-order valence-electron chi connectivity index (χ4n) is 2.97. The molecule has 1 aromatic carbocycles. The lowest BCUT2D eigenvalue weighted by Crippen LogP contribution is -2.41. The van der Waals surface area contributed by atoms with Crippen LogP contribution in [0.3, 0.4) is 0 Å². The van der Waals surface area contributed by atoms with E-state index in [4.69, 9.17) is 5.73 Å². The van der Waals surface area contributed by atoms with Crippen LogP contribution in [-0.4, -0.2) is 37.5 Å². The minimum Gasteiger partial charge on any atom is -0.359 e. The standard InChI is InChI=1S/C15H22FN3O/c1-15(14(20)18-2)7-8-19(10-15)13(9-17)11-5-3-4-6-12(11)16/h3-6,13H,7-10,17H2,1-2H3,(H,18,20). The second kappa shape index (κ2) is 5.89. The summed E-state index contributed by atoms with van der Waals surface area (Å²) in [6, 6.07) is 6.52. The van der Waals surface area contributed by atoms with Crippen molar-refractivity contribution in [2.75, 3.05) is 26.7 Å². The Morgan fingerprint density at radius 3 is 2.85 bits per heavy atom. The average molecular weight is 279 g/mol. The fraction of sp³-hybridized carbons (Fsp3) is 0.533. The third-order valence-electron chi connectivity index (χ3n) is 4.21. The van der Waals surface area contributed by atoms with Crippen LogP contribution in [0.25, 0.3) is 0 Å². The lowest BCUT2D eigenvalue weighted by Gasteiger charge is -2.29. The SMILES string of the molecule is CNC(=O)C1(C)CCN(C(CN)c2ccccc2F)C1. The molecule has 2 rings (SSSR count). The Morgan fingerprint density at radius 2 is 2.25 bits per heavy atom. The second-order valence-corrected chi connectivity index (χ2v) is 5.63. The van der Waals surface area contributed by atoms with Gasteiger partial charge in [0.1, 0.15) is 5.82 Å². The molecule has 1 saturated heterocycles. The molecule has 0 spiro atoms. The zero-order valence-corrected chi connectivity index (χ0v) is 12.0. The van der Waals surface area contributed by atoms with E-state index in [1.165, 1.54) is 6.07 Å². The van der Waals surface area contributed by atoms with Crippen LogP contribution in [0.2, 0.25) is 0 Å². The molecule has 4 nitrogen and oxygen atoms in total. The highest BCUT2D eigenvalue weighted by Gasteiger charge is 2.42. The summed E-state index contributed by atoms with van der Waals surface area (Å²) in [5.41, 5.74) is 6.03. The third kappa shape index (κ3) is 2.69. The number of halogens is 1. The van der Waals surface area contributed by atoms with Gasteiger partial charge in [0, 0.05) is 31.7 Å². The molecule has 2 atom stereocenters. The largest absolute Gasteiger partial charge is 0.359 e. The Morgan fingerprint density at radius 1 is 1.55 bits per heavy atom. The number of carbonyl (C=O) groups is 1. The van der Waals surface area contributed by atoms with Gasteiger partial charge in [0.25, 0.3) is 0 Å². The summed E-state index contributed by atoms with van der Waals surface area (Å²) in [5, 5.41) is 2.71. The predicted molar refractivity (Wildman–Crippen MR) is 76.6 cm³/mol. The number of rotatable bonds is 4. The number of nitrogens with two attached hydrogens (primary N) is 1. The Labute approximate surface area is 119 Å². The second-order valence-electron chi connectivity index (χ2n) is 5.63. The normalized spacial score (nSPS) is 24.6. The lowest BCUT2D eigenvalue weighted by atomic mass is 9.89. The van der Waals surface area contributed by atoms with Gasteiger partial charge in [-0.15, -0.1) is 0 Å². The first kappa shape index (κ1) is 14.9. The van der Waals surface area contributed by atoms with Gasteiger partial charge in [-0.1, -0.05) is 18.2 Å². The number of hydrogen-bond donors (Lipinski definition) is 2. The van der Waals surface area contributed by atoms with Crippen LogP contribution < -0.4 is 11.1 Å². The topological polar surface area (TPSA) is 58.4 Å². The van der Waals surface area contributed by atoms with Crippen molar-refractivity contribution in [3.05, 3.63) is 35.6 Å². The molecule has 0 aromatic heterocycles. The maximum atomic E-state index is 13.9. The summed E-state index contributed by atoms with van der Waals surface area (Å²) in [7, 11) is 1.65. The average Bonchev–Trinajstić information content (AvgIpc) is 2.84. The van der Waals surface area contributed by atoms with Crippen molar-refractivity contribution >= 4 is 5.91 Å². The van der Waals surface area contributed by atoms with E-state index in [0.717, 1.165) is 13.0 Å². The number of benzene rings is 1. The van der Waals surface area contributed by atoms with Gasteiger partial charge in [0.15, 0.2) is 0 Å². The van der Waals surface area contributed by atoms with Crippen LogP contribution in [0, 0.1) is 11.2 Å². The van der Waals surface area contributed by atoms with Crippen molar-refractivity contribution in [2.45, 2.75) is 19.4 Å². The number of amides is 1. The number of carbonyl (C=O) groups excluding carboxylic acids is 1. The van der Waals surface area contributed by atoms with E-state index >= 15 is 0 Å². The van der Waals surface area contributed by atoms with E-state index in [1.54, 1.807) is 19.2 Å². The number of hydrogen-bond acceptors (Lipinski definition) is 3. The highest BCUT2D eigenvalue weighted by atomic mass is 19.1. The van der Waals surface area contributed by atoms with Crippen molar-refractivity contribution in [2.24, 2.45) is 11.1 Å². The Bertz CT molecular complexity index is 494. The molecule has 5 heteroatoms. The lowest BCUT2D eigenvalue weighted by molar-refractivity contribution is -0.129. The summed E-state index contributed by atoms with van der Waals surface area (Å²) in [5.74, 6) is -0.208. The van der Waals surface area contributed by atoms with E-state index in [9.17, 15) is 9.18 Å². The molecule has 0 saturated carbocycles. The van der Waals surface area contributed by atoms with E-state index < -0.39 is 5.41 Å². The van der Waals surface area contributed by atoms with Gasteiger partial charge in [0.05, 0.1) is 5.41 Å². The zero-order valence-electron chi connectivity index (χ0n) is 12.0. The molecule has 2 unspecified atom stereocenters. The van der Waals surface area contributed by atoms with Crippen molar-refractivity contribution in [1.82, 2.24) is 10.2 Å². The molecule has 110 valence electrons. The summed E-state index contributed by atoms with van der Waals surface area (Å²) in [4.78, 5) is 14.1. The van der Waals surface area contributed by atoms with Crippen LogP contribution in [0.15, 0.2) is 24.3 Å². The number of likely N-dealkylation sites (tertiary alicyclic amines) is 1. The maximum absolute atomic E-state index is 13.9. The molecule has 0 bridgehead atoms. The van der Waals surface area contributed by atoms with E-state index in [1.807, 2.05) is 13.0 Å². The van der Waals surface area contributed by atoms with E-state index in [0.29, 0.717) is 18.7 Å². The highest BCUT2D eigenvalue weighted by molar-refractivity contribution is 5.82. The van der Waals surface area contributed by atoms with Gasteiger partial charge in [-0.3, -0.25) is 9.69 Å². The van der Waals surface area contributed by atoms with Crippen molar-refractivity contribution < 1.29 is 9.18 Å². The first-order valence-corrected chi connectivity index (χ1v) is 6.92. The minimum atomic E-state index is -0.423. The van der Waals surface area contributed by atoms with Crippen molar-refractivity contribution in [1.29, 1.82) is 0 Å². The fourth-order valence-corrected chi connectivity index (χ4v) is 2.97. The summed E-state index contributed by atoms with van der Waals surface area (Å²) in [6.45, 7) is 3.63. The quantitative estimate of drug-likeness (QED) is 0.873.